The summed E-state index contributed by atoms with van der Waals surface area (Å²) in [4.78, 5) is 17.7. The molecule has 4 rings (SSSR count). The quantitative estimate of drug-likeness (QED) is 0.833. The van der Waals surface area contributed by atoms with Crippen molar-refractivity contribution in [1.82, 2.24) is 9.80 Å². The minimum absolute atomic E-state index is 0.392. The zero-order valence-electron chi connectivity index (χ0n) is 14.0. The lowest BCUT2D eigenvalue weighted by Gasteiger charge is -2.44. The summed E-state index contributed by atoms with van der Waals surface area (Å²) in [5.74, 6) is 1.18. The van der Waals surface area contributed by atoms with Gasteiger partial charge in [0.25, 0.3) is 0 Å². The van der Waals surface area contributed by atoms with Crippen molar-refractivity contribution in [2.45, 2.75) is 63.5 Å². The summed E-state index contributed by atoms with van der Waals surface area (Å²) in [6, 6.07) is 3.25. The summed E-state index contributed by atoms with van der Waals surface area (Å²) >= 11 is 1.77. The van der Waals surface area contributed by atoms with Gasteiger partial charge in [-0.25, -0.2) is 0 Å². The molecule has 1 aromatic rings. The molecule has 1 amide bonds. The maximum absolute atomic E-state index is 13.0. The Bertz CT molecular complexity index is 527. The fourth-order valence-electron chi connectivity index (χ4n) is 5.06. The van der Waals surface area contributed by atoms with E-state index in [1.54, 1.807) is 11.3 Å². The van der Waals surface area contributed by atoms with Gasteiger partial charge >= 0.3 is 0 Å². The number of rotatable bonds is 3. The lowest BCUT2D eigenvalue weighted by Crippen LogP contribution is -2.52. The zero-order chi connectivity index (χ0) is 15.6. The van der Waals surface area contributed by atoms with Crippen LogP contribution in [0.4, 0.5) is 0 Å². The van der Waals surface area contributed by atoms with E-state index in [2.05, 4.69) is 26.6 Å². The lowest BCUT2D eigenvalue weighted by atomic mass is 9.78. The van der Waals surface area contributed by atoms with Gasteiger partial charge in [0, 0.05) is 18.6 Å². The standard InChI is InChI=1S/C19H28N2OS/c22-19(21-11-3-6-15-5-1-2-7-18(15)21)13-20-10-4-8-17(20)16-9-12-23-14-16/h9,12,14-15,17-18H,1-8,10-11,13H2/t15-,17-,18-/m1/s1. The molecule has 0 spiro atoms. The van der Waals surface area contributed by atoms with Crippen LogP contribution < -0.4 is 0 Å². The number of amides is 1. The number of piperidine rings is 1. The summed E-state index contributed by atoms with van der Waals surface area (Å²) in [7, 11) is 0. The number of carbonyl (C=O) groups is 1. The third kappa shape index (κ3) is 3.20. The number of nitrogens with zero attached hydrogens (tertiary/aromatic N) is 2. The van der Waals surface area contributed by atoms with Crippen LogP contribution in [-0.2, 0) is 4.79 Å². The topological polar surface area (TPSA) is 23.6 Å². The number of carbonyl (C=O) groups excluding carboxylic acids is 1. The molecule has 1 saturated carbocycles. The Balaban J connectivity index is 1.42. The summed E-state index contributed by atoms with van der Waals surface area (Å²) in [5, 5.41) is 4.41. The average Bonchev–Trinajstić information content (AvgIpc) is 3.25. The number of likely N-dealkylation sites (tertiary alicyclic amines) is 2. The molecule has 4 heteroatoms. The van der Waals surface area contributed by atoms with E-state index < -0.39 is 0 Å². The molecule has 0 aromatic carbocycles. The molecule has 3 heterocycles. The van der Waals surface area contributed by atoms with Gasteiger partial charge in [0.05, 0.1) is 6.54 Å². The van der Waals surface area contributed by atoms with Crippen molar-refractivity contribution in [3.63, 3.8) is 0 Å². The molecule has 3 atom stereocenters. The van der Waals surface area contributed by atoms with Crippen molar-refractivity contribution in [3.8, 4) is 0 Å². The van der Waals surface area contributed by atoms with Gasteiger partial charge in [0.15, 0.2) is 0 Å². The monoisotopic (exact) mass is 332 g/mol. The molecule has 3 fully saturated rings. The minimum atomic E-state index is 0.392. The Morgan fingerprint density at radius 2 is 1.91 bits per heavy atom. The molecular weight excluding hydrogens is 304 g/mol. The first kappa shape index (κ1) is 15.6. The van der Waals surface area contributed by atoms with Crippen LogP contribution >= 0.6 is 11.3 Å². The second-order valence-electron chi connectivity index (χ2n) is 7.53. The highest BCUT2D eigenvalue weighted by molar-refractivity contribution is 7.07. The van der Waals surface area contributed by atoms with Crippen molar-refractivity contribution >= 4 is 17.2 Å². The summed E-state index contributed by atoms with van der Waals surface area (Å²) in [6.07, 6.45) is 10.2. The van der Waals surface area contributed by atoms with Crippen LogP contribution in [0.15, 0.2) is 16.8 Å². The van der Waals surface area contributed by atoms with E-state index in [1.807, 2.05) is 0 Å². The molecule has 1 aromatic heterocycles. The Morgan fingerprint density at radius 3 is 2.78 bits per heavy atom. The van der Waals surface area contributed by atoms with Gasteiger partial charge in [-0.1, -0.05) is 12.8 Å². The smallest absolute Gasteiger partial charge is 0.237 e. The Hall–Kier alpha value is -0.870. The van der Waals surface area contributed by atoms with Crippen LogP contribution in [-0.4, -0.2) is 41.4 Å². The second kappa shape index (κ2) is 6.94. The molecule has 0 unspecified atom stereocenters. The van der Waals surface area contributed by atoms with Gasteiger partial charge in [-0.3, -0.25) is 9.69 Å². The first-order valence-electron chi connectivity index (χ1n) is 9.38. The maximum Gasteiger partial charge on any atom is 0.237 e. The molecule has 0 radical (unpaired) electrons. The SMILES string of the molecule is O=C(CN1CCC[C@@H]1c1ccsc1)N1CCC[C@H]2CCCC[C@H]21. The van der Waals surface area contributed by atoms with Crippen molar-refractivity contribution in [2.24, 2.45) is 5.92 Å². The van der Waals surface area contributed by atoms with Gasteiger partial charge < -0.3 is 4.90 Å². The predicted octanol–water partition coefficient (Wildman–Crippen LogP) is 4.07. The van der Waals surface area contributed by atoms with Crippen LogP contribution in [0.2, 0.25) is 0 Å². The second-order valence-corrected chi connectivity index (χ2v) is 8.31. The molecule has 0 N–H and O–H groups in total. The summed E-state index contributed by atoms with van der Waals surface area (Å²) in [5.41, 5.74) is 1.41. The van der Waals surface area contributed by atoms with Crippen molar-refractivity contribution in [2.75, 3.05) is 19.6 Å². The van der Waals surface area contributed by atoms with Gasteiger partial charge in [-0.15, -0.1) is 0 Å². The normalized spacial score (nSPS) is 32.0. The molecule has 0 bridgehead atoms. The lowest BCUT2D eigenvalue weighted by molar-refractivity contribution is -0.139. The number of hydrogen-bond acceptors (Lipinski definition) is 3. The fraction of sp³-hybridized carbons (Fsp3) is 0.737. The van der Waals surface area contributed by atoms with Gasteiger partial charge in [-0.05, 0) is 73.4 Å². The van der Waals surface area contributed by atoms with Crippen molar-refractivity contribution in [1.29, 1.82) is 0 Å². The van der Waals surface area contributed by atoms with E-state index in [1.165, 1.54) is 56.9 Å². The van der Waals surface area contributed by atoms with E-state index in [0.29, 0.717) is 24.5 Å². The van der Waals surface area contributed by atoms with E-state index in [9.17, 15) is 4.79 Å². The van der Waals surface area contributed by atoms with Crippen LogP contribution in [0.3, 0.4) is 0 Å². The molecule has 3 aliphatic rings. The number of hydrogen-bond donors (Lipinski definition) is 0. The highest BCUT2D eigenvalue weighted by Crippen LogP contribution is 2.36. The average molecular weight is 333 g/mol. The molecule has 3 nitrogen and oxygen atoms in total. The molecular formula is C19H28N2OS. The van der Waals surface area contributed by atoms with Crippen LogP contribution in [0, 0.1) is 5.92 Å². The number of thiophene rings is 1. The van der Waals surface area contributed by atoms with E-state index in [4.69, 9.17) is 0 Å². The van der Waals surface area contributed by atoms with Gasteiger partial charge in [-0.2, -0.15) is 11.3 Å². The maximum atomic E-state index is 13.0. The first-order valence-corrected chi connectivity index (χ1v) is 10.3. The summed E-state index contributed by atoms with van der Waals surface area (Å²) < 4.78 is 0. The first-order chi connectivity index (χ1) is 11.3. The Labute approximate surface area is 143 Å². The third-order valence-electron chi connectivity index (χ3n) is 6.19. The van der Waals surface area contributed by atoms with E-state index in [0.717, 1.165) is 19.0 Å². The van der Waals surface area contributed by atoms with Gasteiger partial charge in [0.2, 0.25) is 5.91 Å². The number of fused-ring (bicyclic) bond motifs is 1. The predicted molar refractivity (Wildman–Crippen MR) is 94.6 cm³/mol. The highest BCUT2D eigenvalue weighted by atomic mass is 32.1. The molecule has 23 heavy (non-hydrogen) atoms. The zero-order valence-corrected chi connectivity index (χ0v) is 14.8. The van der Waals surface area contributed by atoms with Crippen LogP contribution in [0.25, 0.3) is 0 Å². The third-order valence-corrected chi connectivity index (χ3v) is 6.89. The van der Waals surface area contributed by atoms with Crippen molar-refractivity contribution in [3.05, 3.63) is 22.4 Å². The summed E-state index contributed by atoms with van der Waals surface area (Å²) in [6.45, 7) is 2.70. The van der Waals surface area contributed by atoms with Gasteiger partial charge in [0.1, 0.15) is 0 Å². The minimum Gasteiger partial charge on any atom is -0.338 e. The van der Waals surface area contributed by atoms with Crippen LogP contribution in [0.1, 0.15) is 63.0 Å². The largest absolute Gasteiger partial charge is 0.338 e. The molecule has 1 aliphatic carbocycles. The van der Waals surface area contributed by atoms with Crippen LogP contribution in [0.5, 0.6) is 0 Å². The Morgan fingerprint density at radius 1 is 1.09 bits per heavy atom. The highest BCUT2D eigenvalue weighted by Gasteiger charge is 2.37. The molecule has 126 valence electrons. The molecule has 2 saturated heterocycles. The van der Waals surface area contributed by atoms with E-state index in [-0.39, 0.29) is 0 Å². The fourth-order valence-corrected chi connectivity index (χ4v) is 5.76. The Kier molecular flexibility index (Phi) is 4.72. The van der Waals surface area contributed by atoms with Crippen molar-refractivity contribution < 1.29 is 4.79 Å². The molecule has 2 aliphatic heterocycles. The van der Waals surface area contributed by atoms with E-state index >= 15 is 0 Å².